The Morgan fingerprint density at radius 1 is 1.25 bits per heavy atom. The topological polar surface area (TPSA) is 46.2 Å². The van der Waals surface area contributed by atoms with Crippen LogP contribution in [0.4, 0.5) is 0 Å². The number of Topliss-reactive ketones (excluding diaryl/α,β-unsaturated/α-hetero) is 1. The van der Waals surface area contributed by atoms with Crippen molar-refractivity contribution >= 4 is 11.7 Å². The van der Waals surface area contributed by atoms with Gasteiger partial charge in [0.05, 0.1) is 6.42 Å². The summed E-state index contributed by atoms with van der Waals surface area (Å²) in [6.07, 6.45) is 5.19. The molecule has 92 valence electrons. The van der Waals surface area contributed by atoms with Crippen LogP contribution in [-0.2, 0) is 9.59 Å². The molecule has 1 N–H and O–H groups in total. The molecule has 0 radical (unpaired) electrons. The fourth-order valence-electron chi connectivity index (χ4n) is 2.47. The molecule has 3 heteroatoms. The molecule has 0 aromatic heterocycles. The van der Waals surface area contributed by atoms with Gasteiger partial charge in [0, 0.05) is 6.54 Å². The van der Waals surface area contributed by atoms with E-state index in [0.717, 1.165) is 0 Å². The molecule has 0 atom stereocenters. The molecule has 0 spiro atoms. The van der Waals surface area contributed by atoms with Gasteiger partial charge in [0.15, 0.2) is 0 Å². The van der Waals surface area contributed by atoms with Gasteiger partial charge < -0.3 is 5.32 Å². The summed E-state index contributed by atoms with van der Waals surface area (Å²) in [6.45, 7) is 6.54. The molecular formula is C13H23NO2. The van der Waals surface area contributed by atoms with Crippen LogP contribution in [0.25, 0.3) is 0 Å². The average molecular weight is 225 g/mol. The number of carbonyl (C=O) groups excluding carboxylic acids is 2. The van der Waals surface area contributed by atoms with E-state index in [9.17, 15) is 9.59 Å². The third-order valence-corrected chi connectivity index (χ3v) is 3.61. The fraction of sp³-hybridized carbons (Fsp3) is 0.846. The first-order valence-electron chi connectivity index (χ1n) is 6.18. The fourth-order valence-corrected chi connectivity index (χ4v) is 2.47. The summed E-state index contributed by atoms with van der Waals surface area (Å²) in [5.41, 5.74) is 0.156. The van der Waals surface area contributed by atoms with Crippen molar-refractivity contribution in [1.29, 1.82) is 0 Å². The molecule has 0 aromatic carbocycles. The van der Waals surface area contributed by atoms with Crippen molar-refractivity contribution in [2.45, 2.75) is 52.9 Å². The van der Waals surface area contributed by atoms with E-state index in [-0.39, 0.29) is 23.5 Å². The zero-order valence-corrected chi connectivity index (χ0v) is 10.6. The second-order valence-electron chi connectivity index (χ2n) is 5.63. The molecule has 1 fully saturated rings. The quantitative estimate of drug-likeness (QED) is 0.730. The minimum atomic E-state index is -0.140. The second kappa shape index (κ2) is 5.46. The van der Waals surface area contributed by atoms with Crippen molar-refractivity contribution < 1.29 is 9.59 Å². The van der Waals surface area contributed by atoms with Gasteiger partial charge >= 0.3 is 0 Å². The zero-order chi connectivity index (χ0) is 12.2. The lowest BCUT2D eigenvalue weighted by molar-refractivity contribution is -0.127. The molecule has 0 saturated heterocycles. The van der Waals surface area contributed by atoms with Gasteiger partial charge in [0.25, 0.3) is 0 Å². The molecule has 0 aliphatic heterocycles. The maximum absolute atomic E-state index is 11.4. The standard InChI is InChI=1S/C13H23NO2/c1-10(15)8-12(16)14-9-13(2,3)11-6-4-5-7-11/h11H,4-9H2,1-3H3,(H,14,16). The van der Waals surface area contributed by atoms with Gasteiger partial charge in [-0.1, -0.05) is 26.7 Å². The van der Waals surface area contributed by atoms with Gasteiger partial charge in [-0.3, -0.25) is 9.59 Å². The summed E-state index contributed by atoms with van der Waals surface area (Å²) in [6, 6.07) is 0. The number of hydrogen-bond acceptors (Lipinski definition) is 2. The zero-order valence-electron chi connectivity index (χ0n) is 10.6. The highest BCUT2D eigenvalue weighted by molar-refractivity contribution is 5.96. The molecule has 1 saturated carbocycles. The van der Waals surface area contributed by atoms with Crippen LogP contribution in [0.1, 0.15) is 52.9 Å². The molecule has 1 aliphatic carbocycles. The van der Waals surface area contributed by atoms with Crippen molar-refractivity contribution in [2.24, 2.45) is 11.3 Å². The third-order valence-electron chi connectivity index (χ3n) is 3.61. The Balaban J connectivity index is 2.34. The van der Waals surface area contributed by atoms with Crippen LogP contribution in [0, 0.1) is 11.3 Å². The van der Waals surface area contributed by atoms with Gasteiger partial charge in [-0.15, -0.1) is 0 Å². The lowest BCUT2D eigenvalue weighted by Crippen LogP contribution is -2.38. The van der Waals surface area contributed by atoms with Gasteiger partial charge in [-0.05, 0) is 31.1 Å². The molecule has 16 heavy (non-hydrogen) atoms. The SMILES string of the molecule is CC(=O)CC(=O)NCC(C)(C)C1CCCC1. The predicted octanol–water partition coefficient (Wildman–Crippen LogP) is 2.30. The first-order chi connectivity index (χ1) is 7.42. The molecule has 1 amide bonds. The van der Waals surface area contributed by atoms with Crippen LogP contribution in [-0.4, -0.2) is 18.2 Å². The third kappa shape index (κ3) is 3.95. The van der Waals surface area contributed by atoms with E-state index < -0.39 is 0 Å². The van der Waals surface area contributed by atoms with Gasteiger partial charge in [-0.25, -0.2) is 0 Å². The van der Waals surface area contributed by atoms with E-state index in [0.29, 0.717) is 12.5 Å². The number of amides is 1. The Labute approximate surface area is 98.0 Å². The van der Waals surface area contributed by atoms with Crippen molar-refractivity contribution in [3.8, 4) is 0 Å². The number of rotatable bonds is 5. The van der Waals surface area contributed by atoms with Crippen LogP contribution in [0.3, 0.4) is 0 Å². The Morgan fingerprint density at radius 3 is 2.31 bits per heavy atom. The maximum Gasteiger partial charge on any atom is 0.227 e. The lowest BCUT2D eigenvalue weighted by atomic mass is 9.77. The second-order valence-corrected chi connectivity index (χ2v) is 5.63. The Morgan fingerprint density at radius 2 is 1.81 bits per heavy atom. The van der Waals surface area contributed by atoms with E-state index in [2.05, 4.69) is 19.2 Å². The molecule has 0 unspecified atom stereocenters. The summed E-state index contributed by atoms with van der Waals surface area (Å²) in [7, 11) is 0. The lowest BCUT2D eigenvalue weighted by Gasteiger charge is -2.31. The summed E-state index contributed by atoms with van der Waals surface area (Å²) in [4.78, 5) is 22.2. The minimum Gasteiger partial charge on any atom is -0.355 e. The summed E-state index contributed by atoms with van der Waals surface area (Å²) < 4.78 is 0. The Kier molecular flexibility index (Phi) is 4.51. The smallest absolute Gasteiger partial charge is 0.227 e. The van der Waals surface area contributed by atoms with Crippen molar-refractivity contribution in [1.82, 2.24) is 5.32 Å². The minimum absolute atomic E-state index is 0.0146. The van der Waals surface area contributed by atoms with E-state index in [4.69, 9.17) is 0 Å². The largest absolute Gasteiger partial charge is 0.355 e. The van der Waals surface area contributed by atoms with Crippen LogP contribution in [0.5, 0.6) is 0 Å². The molecule has 3 nitrogen and oxygen atoms in total. The van der Waals surface area contributed by atoms with Crippen molar-refractivity contribution in [3.63, 3.8) is 0 Å². The summed E-state index contributed by atoms with van der Waals surface area (Å²) in [5, 5.41) is 2.87. The first-order valence-corrected chi connectivity index (χ1v) is 6.18. The van der Waals surface area contributed by atoms with Crippen LogP contribution >= 0.6 is 0 Å². The van der Waals surface area contributed by atoms with E-state index in [1.807, 2.05) is 0 Å². The molecule has 1 aliphatic rings. The Hall–Kier alpha value is -0.860. The predicted molar refractivity (Wildman–Crippen MR) is 64.0 cm³/mol. The van der Waals surface area contributed by atoms with Gasteiger partial charge in [0.2, 0.25) is 5.91 Å². The van der Waals surface area contributed by atoms with Gasteiger partial charge in [-0.2, -0.15) is 0 Å². The van der Waals surface area contributed by atoms with Gasteiger partial charge in [0.1, 0.15) is 5.78 Å². The maximum atomic E-state index is 11.4. The molecule has 0 heterocycles. The van der Waals surface area contributed by atoms with E-state index in [1.54, 1.807) is 0 Å². The van der Waals surface area contributed by atoms with Crippen LogP contribution in [0.15, 0.2) is 0 Å². The van der Waals surface area contributed by atoms with Crippen LogP contribution < -0.4 is 5.32 Å². The number of ketones is 1. The Bertz CT molecular complexity index is 265. The molecule has 1 rings (SSSR count). The normalized spacial score (nSPS) is 17.4. The molecule has 0 aromatic rings. The van der Waals surface area contributed by atoms with E-state index >= 15 is 0 Å². The van der Waals surface area contributed by atoms with Crippen molar-refractivity contribution in [3.05, 3.63) is 0 Å². The summed E-state index contributed by atoms with van der Waals surface area (Å²) >= 11 is 0. The highest BCUT2D eigenvalue weighted by atomic mass is 16.2. The van der Waals surface area contributed by atoms with Crippen LogP contribution in [0.2, 0.25) is 0 Å². The molecular weight excluding hydrogens is 202 g/mol. The first kappa shape index (κ1) is 13.2. The summed E-state index contributed by atoms with van der Waals surface area (Å²) in [5.74, 6) is 0.500. The number of carbonyl (C=O) groups is 2. The molecule has 0 bridgehead atoms. The highest BCUT2D eigenvalue weighted by Gasteiger charge is 2.31. The number of nitrogens with one attached hydrogen (secondary N) is 1. The monoisotopic (exact) mass is 225 g/mol. The van der Waals surface area contributed by atoms with Crippen molar-refractivity contribution in [2.75, 3.05) is 6.54 Å². The number of hydrogen-bond donors (Lipinski definition) is 1. The highest BCUT2D eigenvalue weighted by Crippen LogP contribution is 2.38. The van der Waals surface area contributed by atoms with E-state index in [1.165, 1.54) is 32.6 Å². The average Bonchev–Trinajstić information content (AvgIpc) is 2.67.